The van der Waals surface area contributed by atoms with Gasteiger partial charge in [0.15, 0.2) is 0 Å². The summed E-state index contributed by atoms with van der Waals surface area (Å²) in [6.45, 7) is 0. The van der Waals surface area contributed by atoms with Crippen molar-refractivity contribution in [2.45, 2.75) is 50.0 Å². The number of amides is 1. The first-order valence-corrected chi connectivity index (χ1v) is 10.6. The number of carbonyl (C=O) groups excluding carboxylic acids is 1. The van der Waals surface area contributed by atoms with E-state index in [1.165, 1.54) is 23.9 Å². The topological polar surface area (TPSA) is 63.4 Å². The molecule has 158 valence electrons. The largest absolute Gasteiger partial charge is 0.338 e. The van der Waals surface area contributed by atoms with Crippen LogP contribution in [0.1, 0.15) is 64.6 Å². The fourth-order valence-electron chi connectivity index (χ4n) is 4.51. The van der Waals surface area contributed by atoms with Gasteiger partial charge in [-0.2, -0.15) is 5.10 Å². The van der Waals surface area contributed by atoms with Gasteiger partial charge in [0.25, 0.3) is 11.8 Å². The van der Waals surface area contributed by atoms with Crippen molar-refractivity contribution in [3.8, 4) is 0 Å². The molecule has 2 fully saturated rings. The summed E-state index contributed by atoms with van der Waals surface area (Å²) >= 11 is 0. The lowest BCUT2D eigenvalue weighted by molar-refractivity contribution is -0.112. The number of rotatable bonds is 4. The Morgan fingerprint density at radius 1 is 1.26 bits per heavy atom. The molecule has 0 spiro atoms. The molecule has 3 aliphatic carbocycles. The number of pyridine rings is 1. The monoisotopic (exact) mass is 421 g/mol. The van der Waals surface area contributed by atoms with Gasteiger partial charge >= 0.3 is 0 Å². The average Bonchev–Trinajstić information content (AvgIpc) is 3.37. The van der Waals surface area contributed by atoms with Gasteiger partial charge in [-0.05, 0) is 36.1 Å². The standard InChI is InChI=1S/C23H21F2N5O/c1-29(15-9-23(24,25)10-15)22(31)18-12-27-30-7-6-14(8-20(18)30)16-4-5-19-17(16)11-26-21(28-19)13-2-3-13/h4,6-8,11-13,15H,2-3,5,9-10H2,1H3. The smallest absolute Gasteiger partial charge is 0.257 e. The summed E-state index contributed by atoms with van der Waals surface area (Å²) in [6.07, 6.45) is 9.91. The fraction of sp³-hybridized carbons (Fsp3) is 0.391. The molecule has 2 saturated carbocycles. The molecule has 0 aliphatic heterocycles. The van der Waals surface area contributed by atoms with Crippen LogP contribution in [0.2, 0.25) is 0 Å². The first kappa shape index (κ1) is 18.6. The molecule has 0 N–H and O–H groups in total. The van der Waals surface area contributed by atoms with Crippen LogP contribution in [0.3, 0.4) is 0 Å². The average molecular weight is 421 g/mol. The first-order valence-electron chi connectivity index (χ1n) is 10.6. The zero-order valence-electron chi connectivity index (χ0n) is 17.1. The predicted molar refractivity (Wildman–Crippen MR) is 110 cm³/mol. The number of aromatic nitrogens is 4. The van der Waals surface area contributed by atoms with E-state index in [9.17, 15) is 13.6 Å². The van der Waals surface area contributed by atoms with E-state index in [0.717, 1.165) is 34.6 Å². The Kier molecular flexibility index (Phi) is 3.85. The van der Waals surface area contributed by atoms with E-state index in [1.807, 2.05) is 24.5 Å². The molecule has 3 heterocycles. The molecule has 0 radical (unpaired) electrons. The molecule has 8 heteroatoms. The summed E-state index contributed by atoms with van der Waals surface area (Å²) in [7, 11) is 1.58. The predicted octanol–water partition coefficient (Wildman–Crippen LogP) is 3.86. The van der Waals surface area contributed by atoms with Gasteiger partial charge in [-0.1, -0.05) is 6.08 Å². The second kappa shape index (κ2) is 6.42. The van der Waals surface area contributed by atoms with E-state index in [0.29, 0.717) is 17.0 Å². The second-order valence-corrected chi connectivity index (χ2v) is 8.82. The van der Waals surface area contributed by atoms with Gasteiger partial charge in [-0.25, -0.2) is 23.3 Å². The molecule has 6 nitrogen and oxygen atoms in total. The van der Waals surface area contributed by atoms with Gasteiger partial charge in [-0.3, -0.25) is 4.79 Å². The van der Waals surface area contributed by atoms with Crippen LogP contribution in [0.15, 0.2) is 36.8 Å². The summed E-state index contributed by atoms with van der Waals surface area (Å²) in [5.41, 5.74) is 5.15. The van der Waals surface area contributed by atoms with Gasteiger partial charge in [0.2, 0.25) is 0 Å². The molecule has 1 amide bonds. The normalized spacial score (nSPS) is 19.8. The van der Waals surface area contributed by atoms with Gasteiger partial charge in [-0.15, -0.1) is 0 Å². The van der Waals surface area contributed by atoms with Gasteiger partial charge < -0.3 is 4.90 Å². The van der Waals surface area contributed by atoms with Crippen LogP contribution >= 0.6 is 0 Å². The van der Waals surface area contributed by atoms with Gasteiger partial charge in [0.05, 0.1) is 23.0 Å². The van der Waals surface area contributed by atoms with E-state index in [4.69, 9.17) is 4.98 Å². The van der Waals surface area contributed by atoms with Gasteiger partial charge in [0, 0.05) is 56.2 Å². The lowest BCUT2D eigenvalue weighted by Gasteiger charge is -2.40. The SMILES string of the molecule is CN(C(=O)c1cnn2ccc(C3=CCc4nc(C5CC5)ncc43)cc12)C1CC(F)(F)C1. The summed E-state index contributed by atoms with van der Waals surface area (Å²) in [4.78, 5) is 23.7. The minimum Gasteiger partial charge on any atom is -0.338 e. The van der Waals surface area contributed by atoms with Crippen molar-refractivity contribution >= 4 is 17.0 Å². The van der Waals surface area contributed by atoms with E-state index < -0.39 is 12.0 Å². The molecule has 3 aliphatic rings. The number of halogens is 2. The number of fused-ring (bicyclic) bond motifs is 2. The summed E-state index contributed by atoms with van der Waals surface area (Å²) in [5, 5.41) is 4.28. The number of nitrogens with zero attached hydrogens (tertiary/aromatic N) is 5. The molecule has 3 aromatic heterocycles. The van der Waals surface area contributed by atoms with Crippen molar-refractivity contribution in [1.29, 1.82) is 0 Å². The number of hydrogen-bond acceptors (Lipinski definition) is 4. The van der Waals surface area contributed by atoms with Crippen molar-refractivity contribution in [2.24, 2.45) is 0 Å². The van der Waals surface area contributed by atoms with Crippen molar-refractivity contribution < 1.29 is 13.6 Å². The number of alkyl halides is 2. The molecular weight excluding hydrogens is 400 g/mol. The van der Waals surface area contributed by atoms with E-state index in [2.05, 4.69) is 16.2 Å². The molecule has 0 unspecified atom stereocenters. The first-order chi connectivity index (χ1) is 14.9. The van der Waals surface area contributed by atoms with E-state index in [1.54, 1.807) is 11.6 Å². The van der Waals surface area contributed by atoms with Crippen LogP contribution in [-0.4, -0.2) is 49.4 Å². The minimum atomic E-state index is -2.67. The van der Waals surface area contributed by atoms with E-state index in [-0.39, 0.29) is 18.7 Å². The third kappa shape index (κ3) is 3.04. The number of carbonyl (C=O) groups is 1. The quantitative estimate of drug-likeness (QED) is 0.642. The molecule has 31 heavy (non-hydrogen) atoms. The highest BCUT2D eigenvalue weighted by molar-refractivity contribution is 6.01. The highest BCUT2D eigenvalue weighted by Crippen LogP contribution is 2.41. The molecule has 3 aromatic rings. The maximum atomic E-state index is 13.3. The molecule has 0 aromatic carbocycles. The number of allylic oxidation sites excluding steroid dienone is 1. The van der Waals surface area contributed by atoms with Crippen LogP contribution < -0.4 is 0 Å². The van der Waals surface area contributed by atoms with Crippen molar-refractivity contribution in [3.05, 3.63) is 65.0 Å². The van der Waals surface area contributed by atoms with Crippen molar-refractivity contribution in [2.75, 3.05) is 7.05 Å². The Bertz CT molecular complexity index is 1250. The zero-order valence-corrected chi connectivity index (χ0v) is 17.1. The number of hydrogen-bond donors (Lipinski definition) is 0. The highest BCUT2D eigenvalue weighted by atomic mass is 19.3. The lowest BCUT2D eigenvalue weighted by atomic mass is 9.87. The third-order valence-electron chi connectivity index (χ3n) is 6.62. The highest BCUT2D eigenvalue weighted by Gasteiger charge is 2.48. The Morgan fingerprint density at radius 3 is 2.81 bits per heavy atom. The Hall–Kier alpha value is -3.16. The molecule has 0 saturated heterocycles. The van der Waals surface area contributed by atoms with Crippen LogP contribution in [0, 0.1) is 0 Å². The fourth-order valence-corrected chi connectivity index (χ4v) is 4.51. The third-order valence-corrected chi connectivity index (χ3v) is 6.62. The molecule has 0 atom stereocenters. The summed E-state index contributed by atoms with van der Waals surface area (Å²) in [5.74, 6) is -1.50. The van der Waals surface area contributed by atoms with Gasteiger partial charge in [0.1, 0.15) is 5.82 Å². The lowest BCUT2D eigenvalue weighted by Crippen LogP contribution is -2.51. The molecule has 6 rings (SSSR count). The van der Waals surface area contributed by atoms with Crippen molar-refractivity contribution in [3.63, 3.8) is 0 Å². The maximum Gasteiger partial charge on any atom is 0.257 e. The van der Waals surface area contributed by atoms with E-state index >= 15 is 0 Å². The Labute approximate surface area is 177 Å². The molecule has 0 bridgehead atoms. The summed E-state index contributed by atoms with van der Waals surface area (Å²) in [6, 6.07) is 3.45. The maximum absolute atomic E-state index is 13.3. The van der Waals surface area contributed by atoms with Crippen molar-refractivity contribution in [1.82, 2.24) is 24.5 Å². The van der Waals surface area contributed by atoms with Crippen LogP contribution in [0.25, 0.3) is 11.1 Å². The molecular formula is C23H21F2N5O. The Morgan fingerprint density at radius 2 is 2.06 bits per heavy atom. The summed E-state index contributed by atoms with van der Waals surface area (Å²) < 4.78 is 28.2. The second-order valence-electron chi connectivity index (χ2n) is 8.82. The van der Waals surface area contributed by atoms with Crippen LogP contribution in [-0.2, 0) is 6.42 Å². The van der Waals surface area contributed by atoms with Crippen LogP contribution in [0.5, 0.6) is 0 Å². The zero-order chi connectivity index (χ0) is 21.3. The minimum absolute atomic E-state index is 0.285. The Balaban J connectivity index is 1.31. The van der Waals surface area contributed by atoms with Crippen LogP contribution in [0.4, 0.5) is 8.78 Å².